The molecule has 2 aromatic rings. The largest absolute Gasteiger partial charge is 0.573 e. The van der Waals surface area contributed by atoms with Crippen molar-refractivity contribution in [1.29, 1.82) is 0 Å². The summed E-state index contributed by atoms with van der Waals surface area (Å²) in [5, 5.41) is 5.22. The summed E-state index contributed by atoms with van der Waals surface area (Å²) >= 11 is 3.02. The fourth-order valence-corrected chi connectivity index (χ4v) is 3.16. The van der Waals surface area contributed by atoms with Crippen LogP contribution in [0.2, 0.25) is 0 Å². The Balaban J connectivity index is 2.56. The Hall–Kier alpha value is -1.91. The molecule has 0 saturated heterocycles. The summed E-state index contributed by atoms with van der Waals surface area (Å²) in [5.41, 5.74) is 0.560. The van der Waals surface area contributed by atoms with Crippen LogP contribution in [0.15, 0.2) is 47.4 Å². The number of nitrogens with two attached hydrogens (primary N) is 1. The molecule has 134 valence electrons. The molecule has 25 heavy (non-hydrogen) atoms. The second-order valence-electron chi connectivity index (χ2n) is 4.88. The Labute approximate surface area is 149 Å². The molecule has 0 saturated carbocycles. The number of sulfonamides is 1. The summed E-state index contributed by atoms with van der Waals surface area (Å²) < 4.78 is 64.4. The summed E-state index contributed by atoms with van der Waals surface area (Å²) in [6, 6.07) is 8.41. The molecule has 2 rings (SSSR count). The van der Waals surface area contributed by atoms with Crippen molar-refractivity contribution in [3.63, 3.8) is 0 Å². The van der Waals surface area contributed by atoms with E-state index in [0.29, 0.717) is 5.56 Å². The lowest BCUT2D eigenvalue weighted by atomic mass is 10.0. The molecule has 0 radical (unpaired) electrons. The molecule has 0 heterocycles. The molecular weight excluding hydrogens is 427 g/mol. The zero-order chi connectivity index (χ0) is 18.8. The first kappa shape index (κ1) is 19.4. The van der Waals surface area contributed by atoms with Gasteiger partial charge in [0.1, 0.15) is 5.75 Å². The quantitative estimate of drug-likeness (QED) is 0.572. The van der Waals surface area contributed by atoms with Crippen molar-refractivity contribution in [3.8, 4) is 16.9 Å². The van der Waals surface area contributed by atoms with Crippen LogP contribution in [0, 0.1) is 0 Å². The number of hydrogen-bond acceptors (Lipinski definition) is 4. The van der Waals surface area contributed by atoms with E-state index < -0.39 is 22.1 Å². The van der Waals surface area contributed by atoms with Gasteiger partial charge in [0.25, 0.3) is 0 Å². The number of halogens is 4. The van der Waals surface area contributed by atoms with Gasteiger partial charge in [-0.25, -0.2) is 13.6 Å². The number of benzene rings is 2. The van der Waals surface area contributed by atoms with Crippen LogP contribution in [0.1, 0.15) is 10.4 Å². The van der Waals surface area contributed by atoms with Gasteiger partial charge in [-0.1, -0.05) is 40.2 Å². The van der Waals surface area contributed by atoms with Gasteiger partial charge in [-0.15, -0.1) is 13.2 Å². The van der Waals surface area contributed by atoms with Crippen LogP contribution >= 0.6 is 15.9 Å². The molecule has 5 nitrogen and oxygen atoms in total. The monoisotopic (exact) mass is 437 g/mol. The van der Waals surface area contributed by atoms with E-state index >= 15 is 0 Å². The highest BCUT2D eigenvalue weighted by molar-refractivity contribution is 9.09. The van der Waals surface area contributed by atoms with E-state index in [1.165, 1.54) is 24.3 Å². The topological polar surface area (TPSA) is 86.5 Å². The molecule has 0 amide bonds. The predicted molar refractivity (Wildman–Crippen MR) is 88.1 cm³/mol. The molecule has 0 fully saturated rings. The van der Waals surface area contributed by atoms with Gasteiger partial charge in [0, 0.05) is 11.1 Å². The van der Waals surface area contributed by atoms with Crippen molar-refractivity contribution >= 4 is 31.7 Å². The first-order valence-corrected chi connectivity index (χ1v) is 9.30. The number of primary sulfonamides is 1. The summed E-state index contributed by atoms with van der Waals surface area (Å²) in [4.78, 5) is 11.2. The molecule has 0 bridgehead atoms. The van der Waals surface area contributed by atoms with Crippen molar-refractivity contribution in [2.45, 2.75) is 11.3 Å². The van der Waals surface area contributed by atoms with Crippen LogP contribution < -0.4 is 9.88 Å². The van der Waals surface area contributed by atoms with E-state index in [0.717, 1.165) is 18.2 Å². The number of ether oxygens (including phenoxy) is 1. The number of ketones is 1. The van der Waals surface area contributed by atoms with Crippen LogP contribution in [-0.4, -0.2) is 25.9 Å². The zero-order valence-corrected chi connectivity index (χ0v) is 14.8. The molecule has 2 N–H and O–H groups in total. The van der Waals surface area contributed by atoms with E-state index in [1.54, 1.807) is 0 Å². The van der Waals surface area contributed by atoms with E-state index in [4.69, 9.17) is 5.14 Å². The number of carbonyl (C=O) groups is 1. The number of Topliss-reactive ketones (excluding diaryl/α,β-unsaturated/α-hetero) is 1. The molecule has 0 atom stereocenters. The minimum atomic E-state index is -4.92. The maximum absolute atomic E-state index is 12.4. The molecule has 0 aromatic heterocycles. The van der Waals surface area contributed by atoms with Gasteiger partial charge in [0.2, 0.25) is 10.0 Å². The van der Waals surface area contributed by atoms with Crippen LogP contribution in [0.25, 0.3) is 11.1 Å². The highest BCUT2D eigenvalue weighted by Gasteiger charge is 2.31. The standard InChI is InChI=1S/C15H11BrF3NO4S/c16-8-13(21)10-3-1-9(2-4-10)12-7-11(24-15(17,18)19)5-6-14(12)25(20,22)23/h1-7H,8H2,(H2,20,22,23). The molecule has 0 spiro atoms. The Morgan fingerprint density at radius 1 is 1.12 bits per heavy atom. The Kier molecular flexibility index (Phi) is 5.55. The van der Waals surface area contributed by atoms with E-state index in [2.05, 4.69) is 20.7 Å². The fraction of sp³-hybridized carbons (Fsp3) is 0.133. The summed E-state index contributed by atoms with van der Waals surface area (Å²) in [7, 11) is -4.18. The third-order valence-corrected chi connectivity index (χ3v) is 4.61. The van der Waals surface area contributed by atoms with Crippen LogP contribution in [0.4, 0.5) is 13.2 Å². The Morgan fingerprint density at radius 3 is 2.20 bits per heavy atom. The highest BCUT2D eigenvalue weighted by Crippen LogP contribution is 2.33. The van der Waals surface area contributed by atoms with Gasteiger partial charge >= 0.3 is 6.36 Å². The lowest BCUT2D eigenvalue weighted by Gasteiger charge is -2.13. The molecule has 0 aliphatic heterocycles. The highest BCUT2D eigenvalue weighted by atomic mass is 79.9. The molecule has 0 aliphatic carbocycles. The normalized spacial score (nSPS) is 12.0. The van der Waals surface area contributed by atoms with Crippen molar-refractivity contribution in [2.75, 3.05) is 5.33 Å². The van der Waals surface area contributed by atoms with Gasteiger partial charge < -0.3 is 4.74 Å². The Bertz CT molecular complexity index is 896. The first-order valence-electron chi connectivity index (χ1n) is 6.63. The first-order chi connectivity index (χ1) is 11.5. The number of rotatable bonds is 5. The van der Waals surface area contributed by atoms with Crippen molar-refractivity contribution in [2.24, 2.45) is 5.14 Å². The zero-order valence-electron chi connectivity index (χ0n) is 12.4. The SMILES string of the molecule is NS(=O)(=O)c1ccc(OC(F)(F)F)cc1-c1ccc(C(=O)CBr)cc1. The molecule has 2 aromatic carbocycles. The maximum atomic E-state index is 12.4. The van der Waals surface area contributed by atoms with Crippen LogP contribution in [0.3, 0.4) is 0 Å². The van der Waals surface area contributed by atoms with Crippen molar-refractivity contribution in [3.05, 3.63) is 48.0 Å². The summed E-state index contributed by atoms with van der Waals surface area (Å²) in [6.45, 7) is 0. The van der Waals surface area contributed by atoms with E-state index in [1.807, 2.05) is 0 Å². The Morgan fingerprint density at radius 2 is 1.72 bits per heavy atom. The van der Waals surface area contributed by atoms with Crippen molar-refractivity contribution in [1.82, 2.24) is 0 Å². The maximum Gasteiger partial charge on any atom is 0.573 e. The van der Waals surface area contributed by atoms with Gasteiger partial charge in [-0.3, -0.25) is 4.79 Å². The van der Waals surface area contributed by atoms with Crippen molar-refractivity contribution < 1.29 is 31.1 Å². The smallest absolute Gasteiger partial charge is 0.406 e. The summed E-state index contributed by atoms with van der Waals surface area (Å²) in [6.07, 6.45) is -4.92. The van der Waals surface area contributed by atoms with Crippen LogP contribution in [0.5, 0.6) is 5.75 Å². The molecular formula is C15H11BrF3NO4S. The third kappa shape index (κ3) is 5.03. The molecule has 0 aliphatic rings. The second-order valence-corrected chi connectivity index (χ2v) is 6.98. The number of alkyl halides is 4. The van der Waals surface area contributed by atoms with Gasteiger partial charge in [0.05, 0.1) is 10.2 Å². The number of hydrogen-bond donors (Lipinski definition) is 1. The second kappa shape index (κ2) is 7.14. The molecule has 0 unspecified atom stereocenters. The van der Waals surface area contributed by atoms with Gasteiger partial charge in [-0.2, -0.15) is 0 Å². The molecule has 10 heteroatoms. The fourth-order valence-electron chi connectivity index (χ4n) is 2.09. The summed E-state index contributed by atoms with van der Waals surface area (Å²) in [5.74, 6) is -0.789. The average Bonchev–Trinajstić information content (AvgIpc) is 2.51. The lowest BCUT2D eigenvalue weighted by Crippen LogP contribution is -2.18. The number of carbonyl (C=O) groups excluding carboxylic acids is 1. The minimum Gasteiger partial charge on any atom is -0.406 e. The van der Waals surface area contributed by atoms with Gasteiger partial charge in [-0.05, 0) is 23.8 Å². The average molecular weight is 438 g/mol. The van der Waals surface area contributed by atoms with Gasteiger partial charge in [0.15, 0.2) is 5.78 Å². The predicted octanol–water partition coefficient (Wildman–Crippen LogP) is 3.48. The van der Waals surface area contributed by atoms with E-state index in [-0.39, 0.29) is 27.1 Å². The minimum absolute atomic E-state index is 0.0675. The van der Waals surface area contributed by atoms with E-state index in [9.17, 15) is 26.4 Å². The third-order valence-electron chi connectivity index (χ3n) is 3.13. The van der Waals surface area contributed by atoms with Crippen LogP contribution in [-0.2, 0) is 10.0 Å². The lowest BCUT2D eigenvalue weighted by molar-refractivity contribution is -0.274.